The summed E-state index contributed by atoms with van der Waals surface area (Å²) in [7, 11) is 0. The minimum atomic E-state index is -0.369. The number of carbonyl (C=O) groups excluding carboxylic acids is 1. The van der Waals surface area contributed by atoms with E-state index in [-0.39, 0.29) is 17.9 Å². The van der Waals surface area contributed by atoms with E-state index in [1.807, 2.05) is 35.7 Å². The SMILES string of the molecule is CC(C)C(N)C(=O)N1CCC(n2cccn2)CC1. The molecule has 2 N–H and O–H groups in total. The third-order valence-electron chi connectivity index (χ3n) is 3.68. The molecule has 0 radical (unpaired) electrons. The van der Waals surface area contributed by atoms with Gasteiger partial charge in [-0.1, -0.05) is 13.8 Å². The third kappa shape index (κ3) is 2.72. The summed E-state index contributed by atoms with van der Waals surface area (Å²) in [5.74, 6) is 0.283. The first-order valence-electron chi connectivity index (χ1n) is 6.63. The molecule has 100 valence electrons. The summed E-state index contributed by atoms with van der Waals surface area (Å²) in [6, 6.07) is 1.98. The van der Waals surface area contributed by atoms with Crippen LogP contribution in [0.4, 0.5) is 0 Å². The summed E-state index contributed by atoms with van der Waals surface area (Å²) in [6.07, 6.45) is 5.70. The Hall–Kier alpha value is -1.36. The van der Waals surface area contributed by atoms with Crippen LogP contribution in [0, 0.1) is 5.92 Å². The molecule has 1 aliphatic rings. The molecule has 1 unspecified atom stereocenters. The Morgan fingerprint density at radius 1 is 1.39 bits per heavy atom. The quantitative estimate of drug-likeness (QED) is 0.871. The van der Waals surface area contributed by atoms with Gasteiger partial charge in [0, 0.05) is 25.5 Å². The van der Waals surface area contributed by atoms with Crippen LogP contribution >= 0.6 is 0 Å². The highest BCUT2D eigenvalue weighted by Gasteiger charge is 2.28. The van der Waals surface area contributed by atoms with Crippen LogP contribution in [0.5, 0.6) is 0 Å². The second-order valence-corrected chi connectivity index (χ2v) is 5.31. The molecule has 1 amide bonds. The summed E-state index contributed by atoms with van der Waals surface area (Å²) in [4.78, 5) is 14.0. The Labute approximate surface area is 108 Å². The van der Waals surface area contributed by atoms with E-state index < -0.39 is 0 Å². The van der Waals surface area contributed by atoms with E-state index in [0.29, 0.717) is 6.04 Å². The van der Waals surface area contributed by atoms with Gasteiger partial charge in [-0.3, -0.25) is 9.48 Å². The molecule has 0 spiro atoms. The van der Waals surface area contributed by atoms with E-state index >= 15 is 0 Å². The number of carbonyl (C=O) groups is 1. The maximum Gasteiger partial charge on any atom is 0.239 e. The minimum absolute atomic E-state index is 0.0870. The molecule has 1 aromatic rings. The van der Waals surface area contributed by atoms with Gasteiger partial charge in [0.05, 0.1) is 12.1 Å². The largest absolute Gasteiger partial charge is 0.341 e. The molecule has 5 nitrogen and oxygen atoms in total. The van der Waals surface area contributed by atoms with Crippen LogP contribution in [-0.2, 0) is 4.79 Å². The topological polar surface area (TPSA) is 64.2 Å². The first kappa shape index (κ1) is 13.1. The van der Waals surface area contributed by atoms with Crippen LogP contribution in [0.15, 0.2) is 18.5 Å². The van der Waals surface area contributed by atoms with E-state index in [0.717, 1.165) is 25.9 Å². The van der Waals surface area contributed by atoms with Crippen molar-refractivity contribution in [2.24, 2.45) is 11.7 Å². The van der Waals surface area contributed by atoms with Crippen LogP contribution in [0.1, 0.15) is 32.7 Å². The zero-order valence-corrected chi connectivity index (χ0v) is 11.1. The monoisotopic (exact) mass is 250 g/mol. The number of amides is 1. The lowest BCUT2D eigenvalue weighted by Gasteiger charge is -2.34. The van der Waals surface area contributed by atoms with Gasteiger partial charge in [-0.05, 0) is 24.8 Å². The minimum Gasteiger partial charge on any atom is -0.341 e. The maximum atomic E-state index is 12.1. The second-order valence-electron chi connectivity index (χ2n) is 5.31. The highest BCUT2D eigenvalue weighted by atomic mass is 16.2. The molecule has 1 saturated heterocycles. The number of nitrogens with two attached hydrogens (primary N) is 1. The normalized spacial score (nSPS) is 19.2. The van der Waals surface area contributed by atoms with Gasteiger partial charge in [0.25, 0.3) is 0 Å². The lowest BCUT2D eigenvalue weighted by molar-refractivity contribution is -0.134. The molecule has 1 fully saturated rings. The van der Waals surface area contributed by atoms with Crippen molar-refractivity contribution in [1.82, 2.24) is 14.7 Å². The smallest absolute Gasteiger partial charge is 0.239 e. The van der Waals surface area contributed by atoms with Crippen LogP contribution in [-0.4, -0.2) is 39.7 Å². The molecule has 1 aliphatic heterocycles. The predicted octanol–water partition coefficient (Wildman–Crippen LogP) is 1.03. The lowest BCUT2D eigenvalue weighted by atomic mass is 10.0. The Kier molecular flexibility index (Phi) is 4.01. The molecular weight excluding hydrogens is 228 g/mol. The number of likely N-dealkylation sites (tertiary alicyclic amines) is 1. The number of hydrogen-bond donors (Lipinski definition) is 1. The fraction of sp³-hybridized carbons (Fsp3) is 0.692. The van der Waals surface area contributed by atoms with E-state index in [1.54, 1.807) is 6.20 Å². The first-order valence-corrected chi connectivity index (χ1v) is 6.63. The van der Waals surface area contributed by atoms with Crippen molar-refractivity contribution in [3.8, 4) is 0 Å². The average Bonchev–Trinajstić information content (AvgIpc) is 2.91. The number of nitrogens with zero attached hydrogens (tertiary/aromatic N) is 3. The van der Waals surface area contributed by atoms with Gasteiger partial charge >= 0.3 is 0 Å². The molecule has 18 heavy (non-hydrogen) atoms. The summed E-state index contributed by atoms with van der Waals surface area (Å²) in [6.45, 7) is 5.53. The molecule has 0 aromatic carbocycles. The fourth-order valence-corrected chi connectivity index (χ4v) is 2.34. The van der Waals surface area contributed by atoms with Crippen molar-refractivity contribution >= 4 is 5.91 Å². The number of aromatic nitrogens is 2. The van der Waals surface area contributed by atoms with Gasteiger partial charge in [0.1, 0.15) is 0 Å². The van der Waals surface area contributed by atoms with Gasteiger partial charge < -0.3 is 10.6 Å². The number of hydrogen-bond acceptors (Lipinski definition) is 3. The predicted molar refractivity (Wildman–Crippen MR) is 69.9 cm³/mol. The molecule has 0 saturated carbocycles. The third-order valence-corrected chi connectivity index (χ3v) is 3.68. The fourth-order valence-electron chi connectivity index (χ4n) is 2.34. The maximum absolute atomic E-state index is 12.1. The van der Waals surface area contributed by atoms with Crippen molar-refractivity contribution in [2.75, 3.05) is 13.1 Å². The molecule has 1 aromatic heterocycles. The zero-order chi connectivity index (χ0) is 13.1. The average molecular weight is 250 g/mol. The molecule has 2 heterocycles. The van der Waals surface area contributed by atoms with Gasteiger partial charge in [-0.2, -0.15) is 5.10 Å². The molecule has 5 heteroatoms. The molecule has 0 bridgehead atoms. The first-order chi connectivity index (χ1) is 8.59. The zero-order valence-electron chi connectivity index (χ0n) is 11.1. The van der Waals surface area contributed by atoms with Crippen LogP contribution in [0.25, 0.3) is 0 Å². The van der Waals surface area contributed by atoms with Gasteiger partial charge in [-0.25, -0.2) is 0 Å². The van der Waals surface area contributed by atoms with E-state index in [4.69, 9.17) is 5.73 Å². The summed E-state index contributed by atoms with van der Waals surface area (Å²) < 4.78 is 1.99. The highest BCUT2D eigenvalue weighted by molar-refractivity contribution is 5.82. The Morgan fingerprint density at radius 2 is 2.06 bits per heavy atom. The Bertz CT molecular complexity index is 380. The second kappa shape index (κ2) is 5.52. The van der Waals surface area contributed by atoms with Gasteiger partial charge in [0.15, 0.2) is 0 Å². The lowest BCUT2D eigenvalue weighted by Crippen LogP contribution is -2.49. The van der Waals surface area contributed by atoms with E-state index in [2.05, 4.69) is 5.10 Å². The van der Waals surface area contributed by atoms with Crippen molar-refractivity contribution in [1.29, 1.82) is 0 Å². The van der Waals surface area contributed by atoms with Crippen LogP contribution in [0.2, 0.25) is 0 Å². The molecule has 2 rings (SSSR count). The number of rotatable bonds is 3. The van der Waals surface area contributed by atoms with Crippen molar-refractivity contribution in [3.05, 3.63) is 18.5 Å². The highest BCUT2D eigenvalue weighted by Crippen LogP contribution is 2.22. The van der Waals surface area contributed by atoms with Crippen molar-refractivity contribution in [2.45, 2.75) is 38.8 Å². The standard InChI is InChI=1S/C13H22N4O/c1-10(2)12(14)13(18)16-8-4-11(5-9-16)17-7-3-6-15-17/h3,6-7,10-12H,4-5,8-9,14H2,1-2H3. The van der Waals surface area contributed by atoms with Gasteiger partial charge in [0.2, 0.25) is 5.91 Å². The summed E-state index contributed by atoms with van der Waals surface area (Å²) in [5.41, 5.74) is 5.91. The summed E-state index contributed by atoms with van der Waals surface area (Å²) >= 11 is 0. The van der Waals surface area contributed by atoms with Crippen molar-refractivity contribution < 1.29 is 4.79 Å². The van der Waals surface area contributed by atoms with Crippen molar-refractivity contribution in [3.63, 3.8) is 0 Å². The van der Waals surface area contributed by atoms with Crippen LogP contribution < -0.4 is 5.73 Å². The molecule has 0 aliphatic carbocycles. The summed E-state index contributed by atoms with van der Waals surface area (Å²) in [5, 5.41) is 4.26. The molecule has 1 atom stereocenters. The van der Waals surface area contributed by atoms with Gasteiger partial charge in [-0.15, -0.1) is 0 Å². The number of piperidine rings is 1. The van der Waals surface area contributed by atoms with E-state index in [1.165, 1.54) is 0 Å². The van der Waals surface area contributed by atoms with Crippen LogP contribution in [0.3, 0.4) is 0 Å². The van der Waals surface area contributed by atoms with E-state index in [9.17, 15) is 4.79 Å². The Balaban J connectivity index is 1.89. The molecular formula is C13H22N4O. The Morgan fingerprint density at radius 3 is 2.56 bits per heavy atom.